The van der Waals surface area contributed by atoms with E-state index < -0.39 is 10.0 Å². The fraction of sp³-hybridized carbons (Fsp3) is 0.375. The van der Waals surface area contributed by atoms with Crippen LogP contribution in [0.4, 0.5) is 0 Å². The summed E-state index contributed by atoms with van der Waals surface area (Å²) in [6, 6.07) is 9.09. The van der Waals surface area contributed by atoms with E-state index in [0.717, 1.165) is 30.4 Å². The summed E-state index contributed by atoms with van der Waals surface area (Å²) in [5, 5.41) is 0. The molecular weight excluding hydrogens is 286 g/mol. The molecule has 1 aliphatic rings. The van der Waals surface area contributed by atoms with Crippen LogP contribution in [-0.4, -0.2) is 25.8 Å². The lowest BCUT2D eigenvalue weighted by Crippen LogP contribution is -2.35. The summed E-state index contributed by atoms with van der Waals surface area (Å²) in [7, 11) is -3.41. The summed E-state index contributed by atoms with van der Waals surface area (Å²) in [4.78, 5) is 0.387. The minimum Gasteiger partial charge on any atom is -0.464 e. The van der Waals surface area contributed by atoms with Crippen LogP contribution >= 0.6 is 0 Å². The van der Waals surface area contributed by atoms with Gasteiger partial charge in [0.1, 0.15) is 5.76 Å². The van der Waals surface area contributed by atoms with E-state index >= 15 is 0 Å². The van der Waals surface area contributed by atoms with E-state index in [1.165, 1.54) is 0 Å². The number of hydrogen-bond acceptors (Lipinski definition) is 3. The minimum atomic E-state index is -3.41. The molecule has 2 aromatic rings. The molecule has 0 N–H and O–H groups in total. The lowest BCUT2D eigenvalue weighted by Gasteiger charge is -2.26. The van der Waals surface area contributed by atoms with E-state index in [2.05, 4.69) is 0 Å². The molecule has 1 saturated heterocycles. The van der Waals surface area contributed by atoms with E-state index in [1.807, 2.05) is 25.1 Å². The van der Waals surface area contributed by atoms with Gasteiger partial charge < -0.3 is 4.42 Å². The van der Waals surface area contributed by atoms with Gasteiger partial charge in [0, 0.05) is 18.7 Å². The highest BCUT2D eigenvalue weighted by molar-refractivity contribution is 7.89. The molecule has 1 fully saturated rings. The molecule has 0 bridgehead atoms. The average molecular weight is 305 g/mol. The Hall–Kier alpha value is -1.59. The Balaban J connectivity index is 2.02. The zero-order chi connectivity index (χ0) is 14.9. The highest BCUT2D eigenvalue weighted by atomic mass is 32.2. The Morgan fingerprint density at radius 3 is 2.52 bits per heavy atom. The van der Waals surface area contributed by atoms with Crippen LogP contribution in [0.25, 0.3) is 11.3 Å². The van der Waals surface area contributed by atoms with E-state index in [-0.39, 0.29) is 0 Å². The highest BCUT2D eigenvalue weighted by Gasteiger charge is 2.27. The third-order valence-electron chi connectivity index (χ3n) is 3.93. The number of furan rings is 1. The number of benzene rings is 1. The van der Waals surface area contributed by atoms with Crippen molar-refractivity contribution in [1.29, 1.82) is 0 Å². The number of nitrogens with zero attached hydrogens (tertiary/aromatic N) is 1. The fourth-order valence-electron chi connectivity index (χ4n) is 2.72. The van der Waals surface area contributed by atoms with Crippen LogP contribution in [0.5, 0.6) is 0 Å². The maximum Gasteiger partial charge on any atom is 0.243 e. The molecule has 21 heavy (non-hydrogen) atoms. The van der Waals surface area contributed by atoms with Crippen LogP contribution in [0.2, 0.25) is 0 Å². The van der Waals surface area contributed by atoms with Crippen LogP contribution in [0.3, 0.4) is 0 Å². The first kappa shape index (κ1) is 14.4. The molecular formula is C16H19NO3S. The van der Waals surface area contributed by atoms with Crippen molar-refractivity contribution in [3.05, 3.63) is 42.2 Å². The van der Waals surface area contributed by atoms with Crippen molar-refractivity contribution < 1.29 is 12.8 Å². The molecule has 0 unspecified atom stereocenters. The van der Waals surface area contributed by atoms with Gasteiger partial charge in [-0.1, -0.05) is 18.6 Å². The summed E-state index contributed by atoms with van der Waals surface area (Å²) in [5.74, 6) is 0.685. The Morgan fingerprint density at radius 2 is 1.86 bits per heavy atom. The molecule has 0 atom stereocenters. The summed E-state index contributed by atoms with van der Waals surface area (Å²) >= 11 is 0. The molecule has 0 radical (unpaired) electrons. The van der Waals surface area contributed by atoms with E-state index in [1.54, 1.807) is 22.7 Å². The molecule has 2 heterocycles. The van der Waals surface area contributed by atoms with Gasteiger partial charge >= 0.3 is 0 Å². The summed E-state index contributed by atoms with van der Waals surface area (Å²) < 4.78 is 32.6. The Bertz CT molecular complexity index is 714. The maximum atomic E-state index is 12.8. The number of sulfonamides is 1. The van der Waals surface area contributed by atoms with Crippen LogP contribution < -0.4 is 0 Å². The van der Waals surface area contributed by atoms with Crippen molar-refractivity contribution in [2.45, 2.75) is 31.1 Å². The van der Waals surface area contributed by atoms with E-state index in [9.17, 15) is 8.42 Å². The van der Waals surface area contributed by atoms with Crippen LogP contribution in [0, 0.1) is 6.92 Å². The number of hydrogen-bond donors (Lipinski definition) is 0. The molecule has 1 aliphatic heterocycles. The number of piperidine rings is 1. The topological polar surface area (TPSA) is 50.5 Å². The second kappa shape index (κ2) is 5.66. The summed E-state index contributed by atoms with van der Waals surface area (Å²) in [5.41, 5.74) is 1.57. The lowest BCUT2D eigenvalue weighted by atomic mass is 10.1. The molecule has 0 aliphatic carbocycles. The molecule has 0 amide bonds. The second-order valence-electron chi connectivity index (χ2n) is 5.42. The smallest absolute Gasteiger partial charge is 0.243 e. The van der Waals surface area contributed by atoms with Crippen molar-refractivity contribution in [1.82, 2.24) is 4.31 Å². The lowest BCUT2D eigenvalue weighted by molar-refractivity contribution is 0.346. The first-order valence-electron chi connectivity index (χ1n) is 7.24. The van der Waals surface area contributed by atoms with Gasteiger partial charge in [-0.25, -0.2) is 8.42 Å². The van der Waals surface area contributed by atoms with Crippen molar-refractivity contribution in [2.75, 3.05) is 13.1 Å². The number of rotatable bonds is 3. The normalized spacial score (nSPS) is 17.0. The van der Waals surface area contributed by atoms with Gasteiger partial charge in [0.25, 0.3) is 0 Å². The summed E-state index contributed by atoms with van der Waals surface area (Å²) in [6.07, 6.45) is 4.58. The average Bonchev–Trinajstić information content (AvgIpc) is 3.03. The van der Waals surface area contributed by atoms with Gasteiger partial charge in [0.15, 0.2) is 0 Å². The predicted octanol–water partition coefficient (Wildman–Crippen LogP) is 3.43. The molecule has 4 nitrogen and oxygen atoms in total. The van der Waals surface area contributed by atoms with Gasteiger partial charge in [-0.05, 0) is 43.5 Å². The SMILES string of the molecule is Cc1ccc(-c2ccco2)cc1S(=O)(=O)N1CCCCC1. The Labute approximate surface area is 125 Å². The van der Waals surface area contributed by atoms with Crippen LogP contribution in [0.1, 0.15) is 24.8 Å². The molecule has 0 saturated carbocycles. The third-order valence-corrected chi connectivity index (χ3v) is 5.97. The second-order valence-corrected chi connectivity index (χ2v) is 7.33. The van der Waals surface area contributed by atoms with Crippen molar-refractivity contribution in [2.24, 2.45) is 0 Å². The zero-order valence-corrected chi connectivity index (χ0v) is 12.9. The number of aryl methyl sites for hydroxylation is 1. The van der Waals surface area contributed by atoms with Gasteiger partial charge in [-0.2, -0.15) is 4.31 Å². The fourth-order valence-corrected chi connectivity index (χ4v) is 4.49. The molecule has 5 heteroatoms. The van der Waals surface area contributed by atoms with Gasteiger partial charge in [0.05, 0.1) is 11.2 Å². The largest absolute Gasteiger partial charge is 0.464 e. The first-order valence-corrected chi connectivity index (χ1v) is 8.68. The predicted molar refractivity (Wildman–Crippen MR) is 81.5 cm³/mol. The Kier molecular flexibility index (Phi) is 3.87. The van der Waals surface area contributed by atoms with Gasteiger partial charge in [0.2, 0.25) is 10.0 Å². The molecule has 112 valence electrons. The molecule has 0 spiro atoms. The zero-order valence-electron chi connectivity index (χ0n) is 12.1. The monoisotopic (exact) mass is 305 g/mol. The summed E-state index contributed by atoms with van der Waals surface area (Å²) in [6.45, 7) is 3.07. The van der Waals surface area contributed by atoms with Gasteiger partial charge in [-0.3, -0.25) is 0 Å². The standard InChI is InChI=1S/C16H19NO3S/c1-13-7-8-14(15-6-5-11-20-15)12-16(13)21(18,19)17-9-3-2-4-10-17/h5-8,11-12H,2-4,9-10H2,1H3. The van der Waals surface area contributed by atoms with Crippen molar-refractivity contribution >= 4 is 10.0 Å². The van der Waals surface area contributed by atoms with Gasteiger partial charge in [-0.15, -0.1) is 0 Å². The highest BCUT2D eigenvalue weighted by Crippen LogP contribution is 2.28. The van der Waals surface area contributed by atoms with Crippen LogP contribution in [0.15, 0.2) is 45.9 Å². The van der Waals surface area contributed by atoms with Crippen molar-refractivity contribution in [3.8, 4) is 11.3 Å². The quantitative estimate of drug-likeness (QED) is 0.873. The molecule has 3 rings (SSSR count). The maximum absolute atomic E-state index is 12.8. The van der Waals surface area contributed by atoms with Crippen molar-refractivity contribution in [3.63, 3.8) is 0 Å². The Morgan fingerprint density at radius 1 is 1.10 bits per heavy atom. The van der Waals surface area contributed by atoms with E-state index in [0.29, 0.717) is 23.7 Å². The molecule has 1 aromatic heterocycles. The third kappa shape index (κ3) is 2.76. The van der Waals surface area contributed by atoms with E-state index in [4.69, 9.17) is 4.42 Å². The first-order chi connectivity index (χ1) is 10.1. The minimum absolute atomic E-state index is 0.387. The molecule has 1 aromatic carbocycles. The van der Waals surface area contributed by atoms with Crippen LogP contribution in [-0.2, 0) is 10.0 Å².